The first-order valence-corrected chi connectivity index (χ1v) is 11.6. The van der Waals surface area contributed by atoms with Crippen molar-refractivity contribution in [2.75, 3.05) is 6.61 Å². The molecule has 4 nitrogen and oxygen atoms in total. The molecule has 0 fully saturated rings. The Kier molecular flexibility index (Phi) is 11.2. The minimum Gasteiger partial charge on any atom is -0.462 e. The highest BCUT2D eigenvalue weighted by atomic mass is 79.9. The molecule has 0 aliphatic carbocycles. The minimum absolute atomic E-state index is 0.147. The fraction of sp³-hybridized carbons (Fsp3) is 0.440. The summed E-state index contributed by atoms with van der Waals surface area (Å²) in [5.74, 6) is -1.01. The maximum Gasteiger partial charge on any atom is 0.339 e. The Labute approximate surface area is 188 Å². The Morgan fingerprint density at radius 2 is 1.27 bits per heavy atom. The molecule has 0 unspecified atom stereocenters. The van der Waals surface area contributed by atoms with E-state index in [1.54, 1.807) is 24.3 Å². The summed E-state index contributed by atoms with van der Waals surface area (Å²) in [5.41, 5.74) is 1.36. The van der Waals surface area contributed by atoms with Gasteiger partial charge in [-0.05, 0) is 36.2 Å². The molecule has 0 spiro atoms. The summed E-state index contributed by atoms with van der Waals surface area (Å²) in [6, 6.07) is 14.2. The Balaban J connectivity index is 1.77. The van der Waals surface area contributed by atoms with Crippen LogP contribution in [-0.4, -0.2) is 18.5 Å². The van der Waals surface area contributed by atoms with Gasteiger partial charge in [0.25, 0.3) is 0 Å². The second kappa shape index (κ2) is 14.0. The predicted molar refractivity (Wildman–Crippen MR) is 123 cm³/mol. The van der Waals surface area contributed by atoms with Crippen molar-refractivity contribution in [1.82, 2.24) is 0 Å². The number of unbranched alkanes of at least 4 members (excludes halogenated alkanes) is 7. The first kappa shape index (κ1) is 24.1. The Bertz CT molecular complexity index is 786. The van der Waals surface area contributed by atoms with Gasteiger partial charge in [-0.2, -0.15) is 0 Å². The smallest absolute Gasteiger partial charge is 0.339 e. The number of ether oxygens (including phenoxy) is 2. The van der Waals surface area contributed by atoms with Gasteiger partial charge in [0.15, 0.2) is 0 Å². The molecule has 0 aliphatic rings. The molecule has 0 amide bonds. The highest BCUT2D eigenvalue weighted by Crippen LogP contribution is 2.16. The third-order valence-electron chi connectivity index (χ3n) is 4.88. The van der Waals surface area contributed by atoms with Crippen molar-refractivity contribution in [1.29, 1.82) is 0 Å². The van der Waals surface area contributed by atoms with E-state index < -0.39 is 11.9 Å². The molecule has 0 heterocycles. The van der Waals surface area contributed by atoms with Crippen LogP contribution in [0.2, 0.25) is 0 Å². The molecular weight excluding hydrogens is 444 g/mol. The van der Waals surface area contributed by atoms with Crippen LogP contribution in [0.15, 0.2) is 53.0 Å². The van der Waals surface area contributed by atoms with Gasteiger partial charge >= 0.3 is 11.9 Å². The van der Waals surface area contributed by atoms with Crippen LogP contribution in [0.5, 0.6) is 0 Å². The SMILES string of the molecule is CCCCCCCCCCOC(=O)c1ccccc1C(=O)OCc1ccc(Br)cc1. The summed E-state index contributed by atoms with van der Waals surface area (Å²) in [4.78, 5) is 24.9. The predicted octanol–water partition coefficient (Wildman–Crippen LogP) is 7.10. The molecule has 0 atom stereocenters. The lowest BCUT2D eigenvalue weighted by Crippen LogP contribution is -2.14. The summed E-state index contributed by atoms with van der Waals surface area (Å²) in [7, 11) is 0. The van der Waals surface area contributed by atoms with Gasteiger partial charge < -0.3 is 9.47 Å². The van der Waals surface area contributed by atoms with Gasteiger partial charge in [-0.3, -0.25) is 0 Å². The van der Waals surface area contributed by atoms with E-state index in [1.807, 2.05) is 24.3 Å². The monoisotopic (exact) mass is 474 g/mol. The van der Waals surface area contributed by atoms with E-state index in [-0.39, 0.29) is 17.7 Å². The topological polar surface area (TPSA) is 52.6 Å². The molecule has 0 N–H and O–H groups in total. The van der Waals surface area contributed by atoms with Crippen molar-refractivity contribution in [3.8, 4) is 0 Å². The first-order chi connectivity index (χ1) is 14.6. The molecule has 0 aliphatic heterocycles. The number of hydrogen-bond donors (Lipinski definition) is 0. The number of carbonyl (C=O) groups excluding carboxylic acids is 2. The molecule has 0 bridgehead atoms. The van der Waals surface area contributed by atoms with Crippen LogP contribution >= 0.6 is 15.9 Å². The normalized spacial score (nSPS) is 10.6. The van der Waals surface area contributed by atoms with Crippen LogP contribution in [0.3, 0.4) is 0 Å². The van der Waals surface area contributed by atoms with Crippen LogP contribution in [0.4, 0.5) is 0 Å². The number of rotatable bonds is 13. The summed E-state index contributed by atoms with van der Waals surface area (Å²) >= 11 is 3.38. The summed E-state index contributed by atoms with van der Waals surface area (Å²) in [5, 5.41) is 0. The molecule has 2 aromatic rings. The first-order valence-electron chi connectivity index (χ1n) is 10.8. The standard InChI is InChI=1S/C25H31BrO4/c1-2-3-4-5-6-7-8-11-18-29-24(27)22-12-9-10-13-23(22)25(28)30-19-20-14-16-21(26)17-15-20/h9-10,12-17H,2-8,11,18-19H2,1H3. The zero-order valence-corrected chi connectivity index (χ0v) is 19.3. The zero-order chi connectivity index (χ0) is 21.6. The lowest BCUT2D eigenvalue weighted by Gasteiger charge is -2.10. The number of benzene rings is 2. The quantitative estimate of drug-likeness (QED) is 0.229. The van der Waals surface area contributed by atoms with Crippen LogP contribution in [0.1, 0.15) is 84.6 Å². The van der Waals surface area contributed by atoms with Gasteiger partial charge in [-0.25, -0.2) is 9.59 Å². The maximum absolute atomic E-state index is 12.5. The van der Waals surface area contributed by atoms with Crippen LogP contribution in [-0.2, 0) is 16.1 Å². The van der Waals surface area contributed by atoms with E-state index in [0.29, 0.717) is 6.61 Å². The van der Waals surface area contributed by atoms with Crippen LogP contribution in [0, 0.1) is 0 Å². The van der Waals surface area contributed by atoms with Crippen LogP contribution < -0.4 is 0 Å². The fourth-order valence-electron chi connectivity index (χ4n) is 3.12. The lowest BCUT2D eigenvalue weighted by molar-refractivity contribution is 0.0436. The summed E-state index contributed by atoms with van der Waals surface area (Å²) < 4.78 is 11.7. The van der Waals surface area contributed by atoms with Crippen molar-refractivity contribution < 1.29 is 19.1 Å². The minimum atomic E-state index is -0.530. The van der Waals surface area contributed by atoms with Gasteiger partial charge in [-0.15, -0.1) is 0 Å². The Morgan fingerprint density at radius 3 is 1.87 bits per heavy atom. The molecular formula is C25H31BrO4. The molecule has 2 aromatic carbocycles. The number of hydrogen-bond acceptors (Lipinski definition) is 4. The van der Waals surface area contributed by atoms with E-state index in [2.05, 4.69) is 22.9 Å². The van der Waals surface area contributed by atoms with E-state index in [9.17, 15) is 9.59 Å². The average molecular weight is 475 g/mol. The van der Waals surface area contributed by atoms with Crippen molar-refractivity contribution in [3.05, 3.63) is 69.7 Å². The van der Waals surface area contributed by atoms with Crippen molar-refractivity contribution in [3.63, 3.8) is 0 Å². The van der Waals surface area contributed by atoms with Gasteiger partial charge in [0.2, 0.25) is 0 Å². The van der Waals surface area contributed by atoms with Crippen molar-refractivity contribution >= 4 is 27.9 Å². The summed E-state index contributed by atoms with van der Waals surface area (Å²) in [6.45, 7) is 2.73. The Morgan fingerprint density at radius 1 is 0.733 bits per heavy atom. The van der Waals surface area contributed by atoms with Gasteiger partial charge in [0, 0.05) is 4.47 Å². The Hall–Kier alpha value is -2.14. The lowest BCUT2D eigenvalue weighted by atomic mass is 10.1. The highest BCUT2D eigenvalue weighted by molar-refractivity contribution is 9.10. The van der Waals surface area contributed by atoms with E-state index in [4.69, 9.17) is 9.47 Å². The van der Waals surface area contributed by atoms with Gasteiger partial charge in [-0.1, -0.05) is 92.1 Å². The second-order valence-corrected chi connectivity index (χ2v) is 8.27. The number of esters is 2. The van der Waals surface area contributed by atoms with E-state index >= 15 is 0 Å². The van der Waals surface area contributed by atoms with Crippen molar-refractivity contribution in [2.45, 2.75) is 64.9 Å². The van der Waals surface area contributed by atoms with Crippen LogP contribution in [0.25, 0.3) is 0 Å². The molecule has 0 radical (unpaired) electrons. The van der Waals surface area contributed by atoms with Crippen molar-refractivity contribution in [2.24, 2.45) is 0 Å². The maximum atomic E-state index is 12.5. The molecule has 0 aromatic heterocycles. The van der Waals surface area contributed by atoms with E-state index in [1.165, 1.54) is 38.5 Å². The molecule has 30 heavy (non-hydrogen) atoms. The fourth-order valence-corrected chi connectivity index (χ4v) is 3.39. The third kappa shape index (κ3) is 8.70. The average Bonchev–Trinajstić information content (AvgIpc) is 2.77. The molecule has 5 heteroatoms. The highest BCUT2D eigenvalue weighted by Gasteiger charge is 2.19. The number of halogens is 1. The molecule has 0 saturated carbocycles. The number of carbonyl (C=O) groups is 2. The molecule has 0 saturated heterocycles. The van der Waals surface area contributed by atoms with E-state index in [0.717, 1.165) is 22.9 Å². The molecule has 2 rings (SSSR count). The molecule has 162 valence electrons. The zero-order valence-electron chi connectivity index (χ0n) is 17.7. The summed E-state index contributed by atoms with van der Waals surface area (Å²) in [6.07, 6.45) is 9.45. The third-order valence-corrected chi connectivity index (χ3v) is 5.41. The largest absolute Gasteiger partial charge is 0.462 e. The van der Waals surface area contributed by atoms with Gasteiger partial charge in [0.05, 0.1) is 17.7 Å². The van der Waals surface area contributed by atoms with Gasteiger partial charge in [0.1, 0.15) is 6.61 Å². The second-order valence-electron chi connectivity index (χ2n) is 7.36.